The summed E-state index contributed by atoms with van der Waals surface area (Å²) in [7, 11) is 0. The van der Waals surface area contributed by atoms with E-state index in [-0.39, 0.29) is 0 Å². The van der Waals surface area contributed by atoms with Crippen LogP contribution in [0.1, 0.15) is 51.8 Å². The Bertz CT molecular complexity index is 371. The molecule has 0 bridgehead atoms. The van der Waals surface area contributed by atoms with Crippen molar-refractivity contribution in [2.45, 2.75) is 46.0 Å². The van der Waals surface area contributed by atoms with Crippen molar-refractivity contribution in [2.75, 3.05) is 31.1 Å². The number of aromatic nitrogens is 2. The van der Waals surface area contributed by atoms with Crippen LogP contribution in [0, 0.1) is 5.92 Å². The summed E-state index contributed by atoms with van der Waals surface area (Å²) in [6.45, 7) is 11.1. The molecular weight excluding hydrogens is 256 g/mol. The van der Waals surface area contributed by atoms with E-state index < -0.39 is 0 Å². The second-order valence-electron chi connectivity index (χ2n) is 5.73. The topological polar surface area (TPSA) is 41.0 Å². The summed E-state index contributed by atoms with van der Waals surface area (Å²) in [4.78, 5) is 7.16. The Kier molecular flexibility index (Phi) is 5.58. The summed E-state index contributed by atoms with van der Waals surface area (Å²) in [6, 6.07) is 0. The first-order valence-electron chi connectivity index (χ1n) is 7.50. The smallest absolute Gasteiger partial charge is 0.205 e. The predicted octanol–water partition coefficient (Wildman–Crippen LogP) is 2.88. The molecule has 2 rings (SSSR count). The van der Waals surface area contributed by atoms with Crippen molar-refractivity contribution in [3.8, 4) is 0 Å². The lowest BCUT2D eigenvalue weighted by molar-refractivity contribution is 0.373. The number of piperidine rings is 1. The molecule has 1 aromatic heterocycles. The molecule has 19 heavy (non-hydrogen) atoms. The lowest BCUT2D eigenvalue weighted by Crippen LogP contribution is -2.36. The minimum atomic E-state index is 0.423. The number of nitrogens with one attached hydrogen (secondary N) is 1. The van der Waals surface area contributed by atoms with Crippen LogP contribution in [0.2, 0.25) is 0 Å². The van der Waals surface area contributed by atoms with Crippen LogP contribution in [0.15, 0.2) is 0 Å². The van der Waals surface area contributed by atoms with Gasteiger partial charge >= 0.3 is 0 Å². The van der Waals surface area contributed by atoms with Gasteiger partial charge in [-0.1, -0.05) is 20.8 Å². The Morgan fingerprint density at radius 3 is 2.68 bits per heavy atom. The van der Waals surface area contributed by atoms with Crippen LogP contribution in [0.25, 0.3) is 0 Å². The zero-order valence-electron chi connectivity index (χ0n) is 12.4. The molecule has 0 spiro atoms. The van der Waals surface area contributed by atoms with Gasteiger partial charge in [0, 0.05) is 30.5 Å². The summed E-state index contributed by atoms with van der Waals surface area (Å²) in [5.74, 6) is 2.22. The molecule has 0 atom stereocenters. The van der Waals surface area contributed by atoms with Gasteiger partial charge in [0.15, 0.2) is 0 Å². The molecule has 5 heteroatoms. The van der Waals surface area contributed by atoms with Gasteiger partial charge in [-0.05, 0) is 38.3 Å². The second kappa shape index (κ2) is 7.20. The normalized spacial score (nSPS) is 17.1. The molecule has 1 aromatic rings. The molecular formula is C14H26N4S. The van der Waals surface area contributed by atoms with Crippen molar-refractivity contribution >= 4 is 16.7 Å². The third-order valence-corrected chi connectivity index (χ3v) is 4.44. The zero-order valence-corrected chi connectivity index (χ0v) is 13.2. The highest BCUT2D eigenvalue weighted by Crippen LogP contribution is 2.24. The van der Waals surface area contributed by atoms with Crippen molar-refractivity contribution in [2.24, 2.45) is 5.92 Å². The van der Waals surface area contributed by atoms with Gasteiger partial charge in [-0.3, -0.25) is 0 Å². The van der Waals surface area contributed by atoms with Crippen LogP contribution in [0.3, 0.4) is 0 Å². The zero-order chi connectivity index (χ0) is 13.7. The summed E-state index contributed by atoms with van der Waals surface area (Å²) in [5, 5.41) is 4.55. The molecule has 0 aliphatic carbocycles. The molecule has 108 valence electrons. The maximum absolute atomic E-state index is 4.71. The lowest BCUT2D eigenvalue weighted by atomic mass is 9.97. The largest absolute Gasteiger partial charge is 0.347 e. The molecule has 1 saturated heterocycles. The van der Waals surface area contributed by atoms with Crippen molar-refractivity contribution < 1.29 is 0 Å². The molecule has 1 aliphatic heterocycles. The third-order valence-electron chi connectivity index (χ3n) is 3.65. The monoisotopic (exact) mass is 282 g/mol. The molecule has 0 aromatic carbocycles. The highest BCUT2D eigenvalue weighted by Gasteiger charge is 2.19. The summed E-state index contributed by atoms with van der Waals surface area (Å²) in [5.41, 5.74) is 0. The molecule has 4 nitrogen and oxygen atoms in total. The Morgan fingerprint density at radius 2 is 2.11 bits per heavy atom. The van der Waals surface area contributed by atoms with Gasteiger partial charge in [0.2, 0.25) is 5.13 Å². The summed E-state index contributed by atoms with van der Waals surface area (Å²) < 4.78 is 4.49. The Balaban J connectivity index is 2.00. The van der Waals surface area contributed by atoms with Crippen LogP contribution in [-0.4, -0.2) is 35.5 Å². The van der Waals surface area contributed by atoms with Crippen LogP contribution >= 0.6 is 11.5 Å². The van der Waals surface area contributed by atoms with Gasteiger partial charge in [-0.25, -0.2) is 4.98 Å². The maximum Gasteiger partial charge on any atom is 0.205 e. The van der Waals surface area contributed by atoms with E-state index in [0.717, 1.165) is 43.1 Å². The fraction of sp³-hybridized carbons (Fsp3) is 0.857. The highest BCUT2D eigenvalue weighted by atomic mass is 32.1. The molecule has 0 radical (unpaired) electrons. The minimum Gasteiger partial charge on any atom is -0.347 e. The molecule has 1 N–H and O–H groups in total. The molecule has 2 heterocycles. The molecule has 1 aliphatic rings. The van der Waals surface area contributed by atoms with Crippen LogP contribution in [-0.2, 0) is 0 Å². The number of nitrogens with zero attached hydrogens (tertiary/aromatic N) is 3. The summed E-state index contributed by atoms with van der Waals surface area (Å²) in [6.07, 6.45) is 3.74. The Morgan fingerprint density at radius 1 is 1.37 bits per heavy atom. The van der Waals surface area contributed by atoms with E-state index in [1.165, 1.54) is 19.3 Å². The van der Waals surface area contributed by atoms with E-state index in [1.54, 1.807) is 11.5 Å². The van der Waals surface area contributed by atoms with Crippen molar-refractivity contribution in [1.29, 1.82) is 0 Å². The molecule has 0 saturated carbocycles. The highest BCUT2D eigenvalue weighted by molar-refractivity contribution is 7.09. The molecule has 1 fully saturated rings. The fourth-order valence-corrected chi connectivity index (χ4v) is 3.34. The van der Waals surface area contributed by atoms with E-state index >= 15 is 0 Å². The molecule has 0 amide bonds. The van der Waals surface area contributed by atoms with E-state index in [1.807, 2.05) is 0 Å². The average Bonchev–Trinajstić information content (AvgIpc) is 2.89. The quantitative estimate of drug-likeness (QED) is 0.871. The number of rotatable bonds is 6. The van der Waals surface area contributed by atoms with Gasteiger partial charge in [0.05, 0.1) is 0 Å². The predicted molar refractivity (Wildman–Crippen MR) is 82.1 cm³/mol. The second-order valence-corrected chi connectivity index (χ2v) is 6.46. The number of hydrogen-bond acceptors (Lipinski definition) is 5. The van der Waals surface area contributed by atoms with Gasteiger partial charge in [-0.15, -0.1) is 0 Å². The lowest BCUT2D eigenvalue weighted by Gasteiger charge is -2.29. The van der Waals surface area contributed by atoms with Crippen molar-refractivity contribution in [1.82, 2.24) is 14.7 Å². The van der Waals surface area contributed by atoms with Crippen LogP contribution < -0.4 is 10.2 Å². The standard InChI is InChI=1S/C14H26N4S/c1-4-9-18(10-12-5-7-15-8-6-12)14-16-13(11(2)3)17-19-14/h11-12,15H,4-10H2,1-3H3. The average molecular weight is 282 g/mol. The maximum atomic E-state index is 4.71. The van der Waals surface area contributed by atoms with E-state index in [0.29, 0.717) is 5.92 Å². The van der Waals surface area contributed by atoms with Crippen LogP contribution in [0.4, 0.5) is 5.13 Å². The van der Waals surface area contributed by atoms with E-state index in [2.05, 4.69) is 35.4 Å². The number of hydrogen-bond donors (Lipinski definition) is 1. The van der Waals surface area contributed by atoms with Crippen molar-refractivity contribution in [3.63, 3.8) is 0 Å². The number of anilines is 1. The fourth-order valence-electron chi connectivity index (χ4n) is 2.50. The Hall–Kier alpha value is -0.680. The van der Waals surface area contributed by atoms with Gasteiger partial charge < -0.3 is 10.2 Å². The van der Waals surface area contributed by atoms with Crippen molar-refractivity contribution in [3.05, 3.63) is 5.82 Å². The Labute approximate surface area is 120 Å². The SMILES string of the molecule is CCCN(CC1CCNCC1)c1nc(C(C)C)ns1. The van der Waals surface area contributed by atoms with E-state index in [9.17, 15) is 0 Å². The first-order valence-corrected chi connectivity index (χ1v) is 8.27. The van der Waals surface area contributed by atoms with Gasteiger partial charge in [0.25, 0.3) is 0 Å². The third kappa shape index (κ3) is 4.14. The van der Waals surface area contributed by atoms with Gasteiger partial charge in [0.1, 0.15) is 5.82 Å². The minimum absolute atomic E-state index is 0.423. The summed E-state index contributed by atoms with van der Waals surface area (Å²) >= 11 is 1.56. The van der Waals surface area contributed by atoms with Crippen LogP contribution in [0.5, 0.6) is 0 Å². The first-order chi connectivity index (χ1) is 9.20. The molecule has 0 unspecified atom stereocenters. The first kappa shape index (κ1) is 14.7. The van der Waals surface area contributed by atoms with E-state index in [4.69, 9.17) is 4.98 Å². The van der Waals surface area contributed by atoms with Gasteiger partial charge in [-0.2, -0.15) is 4.37 Å².